The molecule has 0 saturated carbocycles. The molecule has 0 spiro atoms. The van der Waals surface area contributed by atoms with Gasteiger partial charge in [0.2, 0.25) is 0 Å². The molecule has 0 bridgehead atoms. The molecule has 0 saturated heterocycles. The monoisotopic (exact) mass is 168 g/mol. The fourth-order valence-electron chi connectivity index (χ4n) is 1.38. The van der Waals surface area contributed by atoms with Crippen molar-refractivity contribution in [1.29, 1.82) is 0 Å². The minimum Gasteiger partial charge on any atom is -0.386 e. The van der Waals surface area contributed by atoms with E-state index in [4.69, 9.17) is 4.74 Å². The van der Waals surface area contributed by atoms with Crippen molar-refractivity contribution in [1.82, 2.24) is 0 Å². The highest BCUT2D eigenvalue weighted by molar-refractivity contribution is 5.30. The first-order valence-corrected chi connectivity index (χ1v) is 3.81. The van der Waals surface area contributed by atoms with Crippen LogP contribution in [0.1, 0.15) is 17.2 Å². The van der Waals surface area contributed by atoms with Crippen LogP contribution in [-0.2, 0) is 11.3 Å². The predicted octanol–water partition coefficient (Wildman–Crippen LogP) is 1.39. The highest BCUT2D eigenvalue weighted by atomic mass is 19.1. The minimum atomic E-state index is -0.676. The number of hydrogen-bond acceptors (Lipinski definition) is 2. The Morgan fingerprint density at radius 1 is 1.50 bits per heavy atom. The zero-order valence-electron chi connectivity index (χ0n) is 6.46. The van der Waals surface area contributed by atoms with Crippen molar-refractivity contribution in [2.75, 3.05) is 6.61 Å². The first-order valence-electron chi connectivity index (χ1n) is 3.81. The molecule has 0 radical (unpaired) electrons. The molecule has 2 rings (SSSR count). The molecular weight excluding hydrogens is 159 g/mol. The van der Waals surface area contributed by atoms with Crippen LogP contribution < -0.4 is 0 Å². The van der Waals surface area contributed by atoms with Gasteiger partial charge in [-0.15, -0.1) is 0 Å². The summed E-state index contributed by atoms with van der Waals surface area (Å²) in [5, 5.41) is 9.39. The number of hydrogen-bond donors (Lipinski definition) is 1. The molecule has 3 heteroatoms. The maximum absolute atomic E-state index is 12.7. The van der Waals surface area contributed by atoms with Gasteiger partial charge < -0.3 is 9.84 Å². The Morgan fingerprint density at radius 3 is 3.17 bits per heavy atom. The summed E-state index contributed by atoms with van der Waals surface area (Å²) >= 11 is 0. The first-order chi connectivity index (χ1) is 5.77. The van der Waals surface area contributed by atoms with Gasteiger partial charge in [0.15, 0.2) is 0 Å². The Labute approximate surface area is 69.6 Å². The Kier molecular flexibility index (Phi) is 1.83. The minimum absolute atomic E-state index is 0.260. The molecule has 1 unspecified atom stereocenters. The zero-order chi connectivity index (χ0) is 8.55. The second-order valence-electron chi connectivity index (χ2n) is 2.87. The van der Waals surface area contributed by atoms with Crippen LogP contribution in [0.4, 0.5) is 4.39 Å². The molecule has 0 fully saturated rings. The molecule has 2 nitrogen and oxygen atoms in total. The first kappa shape index (κ1) is 7.71. The molecule has 0 aliphatic carbocycles. The summed E-state index contributed by atoms with van der Waals surface area (Å²) in [4.78, 5) is 0. The molecule has 12 heavy (non-hydrogen) atoms. The van der Waals surface area contributed by atoms with E-state index >= 15 is 0 Å². The maximum atomic E-state index is 12.7. The zero-order valence-corrected chi connectivity index (χ0v) is 6.46. The fraction of sp³-hybridized carbons (Fsp3) is 0.333. The molecule has 1 N–H and O–H groups in total. The average molecular weight is 168 g/mol. The summed E-state index contributed by atoms with van der Waals surface area (Å²) in [5.74, 6) is -0.310. The molecule has 1 aliphatic rings. The Bertz CT molecular complexity index is 299. The van der Waals surface area contributed by atoms with Crippen molar-refractivity contribution in [2.45, 2.75) is 12.7 Å². The Hall–Kier alpha value is -0.930. The van der Waals surface area contributed by atoms with Gasteiger partial charge in [-0.1, -0.05) is 6.07 Å². The second-order valence-corrected chi connectivity index (χ2v) is 2.87. The van der Waals surface area contributed by atoms with Crippen molar-refractivity contribution < 1.29 is 14.2 Å². The van der Waals surface area contributed by atoms with E-state index in [0.29, 0.717) is 12.2 Å². The summed E-state index contributed by atoms with van der Waals surface area (Å²) in [6.45, 7) is 0.725. The molecule has 64 valence electrons. The van der Waals surface area contributed by atoms with E-state index in [-0.39, 0.29) is 12.4 Å². The summed E-state index contributed by atoms with van der Waals surface area (Å²) < 4.78 is 17.8. The van der Waals surface area contributed by atoms with Crippen molar-refractivity contribution in [3.63, 3.8) is 0 Å². The number of aliphatic hydroxyl groups is 1. The number of aliphatic hydroxyl groups excluding tert-OH is 1. The molecule has 0 aromatic heterocycles. The third kappa shape index (κ3) is 1.21. The van der Waals surface area contributed by atoms with Crippen LogP contribution in [0, 0.1) is 5.82 Å². The third-order valence-corrected chi connectivity index (χ3v) is 2.00. The quantitative estimate of drug-likeness (QED) is 0.634. The van der Waals surface area contributed by atoms with E-state index in [1.165, 1.54) is 12.1 Å². The molecule has 1 aromatic carbocycles. The molecule has 0 amide bonds. The van der Waals surface area contributed by atoms with Crippen LogP contribution in [0.5, 0.6) is 0 Å². The van der Waals surface area contributed by atoms with Crippen molar-refractivity contribution in [2.24, 2.45) is 0 Å². The smallest absolute Gasteiger partial charge is 0.123 e. The highest BCUT2D eigenvalue weighted by Crippen LogP contribution is 2.24. The van der Waals surface area contributed by atoms with E-state index in [2.05, 4.69) is 0 Å². The second kappa shape index (κ2) is 2.84. The van der Waals surface area contributed by atoms with Gasteiger partial charge in [0.1, 0.15) is 11.9 Å². The number of halogens is 1. The number of benzene rings is 1. The predicted molar refractivity (Wildman–Crippen MR) is 41.0 cm³/mol. The maximum Gasteiger partial charge on any atom is 0.123 e. The van der Waals surface area contributed by atoms with E-state index in [1.807, 2.05) is 0 Å². The van der Waals surface area contributed by atoms with Gasteiger partial charge in [0.05, 0.1) is 13.2 Å². The van der Waals surface area contributed by atoms with Crippen LogP contribution in [0.15, 0.2) is 18.2 Å². The van der Waals surface area contributed by atoms with Gasteiger partial charge in [0, 0.05) is 0 Å². The Morgan fingerprint density at radius 2 is 2.33 bits per heavy atom. The number of ether oxygens (including phenoxy) is 1. The van der Waals surface area contributed by atoms with Gasteiger partial charge >= 0.3 is 0 Å². The SMILES string of the molecule is OC1COCc2ccc(F)cc21. The lowest BCUT2D eigenvalue weighted by atomic mass is 10.0. The Balaban J connectivity index is 2.47. The van der Waals surface area contributed by atoms with E-state index in [1.54, 1.807) is 6.07 Å². The summed E-state index contributed by atoms with van der Waals surface area (Å²) in [6.07, 6.45) is -0.676. The van der Waals surface area contributed by atoms with Gasteiger partial charge in [-0.25, -0.2) is 4.39 Å². The lowest BCUT2D eigenvalue weighted by Crippen LogP contribution is -2.16. The summed E-state index contributed by atoms with van der Waals surface area (Å²) in [5.41, 5.74) is 1.52. The molecule has 1 aliphatic heterocycles. The highest BCUT2D eigenvalue weighted by Gasteiger charge is 2.18. The van der Waals surface area contributed by atoms with Gasteiger partial charge in [-0.2, -0.15) is 0 Å². The molecular formula is C9H9FO2. The normalized spacial score (nSPS) is 22.0. The van der Waals surface area contributed by atoms with Crippen molar-refractivity contribution in [3.05, 3.63) is 35.1 Å². The van der Waals surface area contributed by atoms with E-state index in [9.17, 15) is 9.50 Å². The third-order valence-electron chi connectivity index (χ3n) is 2.00. The molecule has 1 atom stereocenters. The van der Waals surface area contributed by atoms with Crippen LogP contribution in [0.3, 0.4) is 0 Å². The van der Waals surface area contributed by atoms with Crippen LogP contribution in [-0.4, -0.2) is 11.7 Å². The van der Waals surface area contributed by atoms with Crippen molar-refractivity contribution >= 4 is 0 Å². The average Bonchev–Trinajstić information content (AvgIpc) is 2.07. The van der Waals surface area contributed by atoms with Gasteiger partial charge in [0.25, 0.3) is 0 Å². The number of rotatable bonds is 0. The fourth-order valence-corrected chi connectivity index (χ4v) is 1.38. The largest absolute Gasteiger partial charge is 0.386 e. The van der Waals surface area contributed by atoms with Gasteiger partial charge in [-0.05, 0) is 23.3 Å². The van der Waals surface area contributed by atoms with Gasteiger partial charge in [-0.3, -0.25) is 0 Å². The van der Waals surface area contributed by atoms with Crippen molar-refractivity contribution in [3.8, 4) is 0 Å². The van der Waals surface area contributed by atoms with E-state index < -0.39 is 6.10 Å². The van der Waals surface area contributed by atoms with Crippen LogP contribution in [0.2, 0.25) is 0 Å². The topological polar surface area (TPSA) is 29.5 Å². The molecule has 1 aromatic rings. The lowest BCUT2D eigenvalue weighted by Gasteiger charge is -2.21. The lowest BCUT2D eigenvalue weighted by molar-refractivity contribution is 0.00958. The standard InChI is InChI=1S/C9H9FO2/c10-7-2-1-6-4-12-5-9(11)8(6)3-7/h1-3,9,11H,4-5H2. The summed E-state index contributed by atoms with van der Waals surface area (Å²) in [7, 11) is 0. The van der Waals surface area contributed by atoms with Crippen LogP contribution in [0.25, 0.3) is 0 Å². The molecule has 1 heterocycles. The summed E-state index contributed by atoms with van der Waals surface area (Å²) in [6, 6.07) is 4.38. The van der Waals surface area contributed by atoms with E-state index in [0.717, 1.165) is 5.56 Å². The number of fused-ring (bicyclic) bond motifs is 1. The van der Waals surface area contributed by atoms with Crippen LogP contribution >= 0.6 is 0 Å².